The van der Waals surface area contributed by atoms with Gasteiger partial charge < -0.3 is 15.2 Å². The van der Waals surface area contributed by atoms with Crippen LogP contribution < -0.4 is 5.32 Å². The average Bonchev–Trinajstić information content (AvgIpc) is 3.28. The second kappa shape index (κ2) is 5.08. The van der Waals surface area contributed by atoms with E-state index < -0.39 is 0 Å². The number of aliphatic hydroxyl groups is 1. The highest BCUT2D eigenvalue weighted by molar-refractivity contribution is 5.93. The molecule has 4 aliphatic rings. The molecule has 5 rings (SSSR count). The summed E-state index contributed by atoms with van der Waals surface area (Å²) in [5.74, 6) is 0.167. The quantitative estimate of drug-likeness (QED) is 0.807. The minimum Gasteiger partial charge on any atom is -0.466 e. The Morgan fingerprint density at radius 2 is 2.24 bits per heavy atom. The molecule has 132 valence electrons. The molecule has 2 saturated heterocycles. The van der Waals surface area contributed by atoms with E-state index in [1.54, 1.807) is 0 Å². The number of hydrogen-bond acceptors (Lipinski definition) is 5. The molecule has 1 aliphatic carbocycles. The molecule has 5 nitrogen and oxygen atoms in total. The van der Waals surface area contributed by atoms with Crippen molar-refractivity contribution in [3.8, 4) is 0 Å². The summed E-state index contributed by atoms with van der Waals surface area (Å²) in [5.41, 5.74) is 4.10. The van der Waals surface area contributed by atoms with E-state index in [1.807, 2.05) is 13.0 Å². The van der Waals surface area contributed by atoms with Crippen LogP contribution in [0.15, 0.2) is 35.5 Å². The summed E-state index contributed by atoms with van der Waals surface area (Å²) in [6.07, 6.45) is 2.31. The summed E-state index contributed by atoms with van der Waals surface area (Å²) >= 11 is 0. The second-order valence-corrected chi connectivity index (χ2v) is 7.93. The molecule has 2 fully saturated rings. The molecule has 5 heteroatoms. The highest BCUT2D eigenvalue weighted by atomic mass is 16.5. The molecule has 1 aromatic rings. The number of fused-ring (bicyclic) bond motifs is 1. The van der Waals surface area contributed by atoms with Gasteiger partial charge >= 0.3 is 5.97 Å². The first-order valence-electron chi connectivity index (χ1n) is 9.20. The molecule has 3 heterocycles. The van der Waals surface area contributed by atoms with Crippen LogP contribution >= 0.6 is 0 Å². The van der Waals surface area contributed by atoms with Crippen LogP contribution in [0.2, 0.25) is 0 Å². The molecule has 0 aromatic heterocycles. The maximum atomic E-state index is 12.6. The summed E-state index contributed by atoms with van der Waals surface area (Å²) in [6.45, 7) is 2.86. The number of hydrogen-bond donors (Lipinski definition) is 2. The maximum Gasteiger partial charge on any atom is 0.335 e. The first kappa shape index (κ1) is 15.4. The van der Waals surface area contributed by atoms with Crippen molar-refractivity contribution >= 4 is 11.7 Å². The number of anilines is 1. The lowest BCUT2D eigenvalue weighted by Gasteiger charge is -2.41. The van der Waals surface area contributed by atoms with Gasteiger partial charge in [-0.15, -0.1) is 0 Å². The van der Waals surface area contributed by atoms with Crippen molar-refractivity contribution in [3.63, 3.8) is 0 Å². The number of para-hydroxylation sites is 1. The molecule has 1 unspecified atom stereocenters. The molecule has 0 saturated carbocycles. The number of rotatable bonds is 2. The molecule has 0 amide bonds. The predicted octanol–water partition coefficient (Wildman–Crippen LogP) is 2.02. The van der Waals surface area contributed by atoms with Crippen LogP contribution in [0.1, 0.15) is 31.7 Å². The summed E-state index contributed by atoms with van der Waals surface area (Å²) in [4.78, 5) is 15.1. The van der Waals surface area contributed by atoms with Gasteiger partial charge in [0.1, 0.15) is 0 Å². The van der Waals surface area contributed by atoms with Crippen molar-refractivity contribution in [2.24, 2.45) is 5.92 Å². The van der Waals surface area contributed by atoms with Gasteiger partial charge in [0.25, 0.3) is 0 Å². The van der Waals surface area contributed by atoms with E-state index in [0.717, 1.165) is 42.8 Å². The van der Waals surface area contributed by atoms with E-state index in [4.69, 9.17) is 4.74 Å². The van der Waals surface area contributed by atoms with E-state index in [1.165, 1.54) is 12.7 Å². The number of methoxy groups -OCH3 is 1. The number of esters is 1. The number of carbonyl (C=O) groups excluding carboxylic acids is 1. The van der Waals surface area contributed by atoms with Crippen molar-refractivity contribution in [1.29, 1.82) is 0 Å². The minimum atomic E-state index is -0.351. The van der Waals surface area contributed by atoms with Crippen molar-refractivity contribution in [3.05, 3.63) is 41.1 Å². The van der Waals surface area contributed by atoms with Crippen molar-refractivity contribution in [2.45, 2.75) is 49.8 Å². The summed E-state index contributed by atoms with van der Waals surface area (Å²) in [5, 5.41) is 13.9. The van der Waals surface area contributed by atoms with Gasteiger partial charge in [-0.05, 0) is 43.7 Å². The fourth-order valence-corrected chi connectivity index (χ4v) is 6.11. The topological polar surface area (TPSA) is 61.8 Å². The van der Waals surface area contributed by atoms with Gasteiger partial charge in [0.15, 0.2) is 0 Å². The maximum absolute atomic E-state index is 12.6. The Morgan fingerprint density at radius 3 is 3.00 bits per heavy atom. The molecule has 2 N–H and O–H groups in total. The number of benzene rings is 1. The third-order valence-electron chi connectivity index (χ3n) is 6.91. The van der Waals surface area contributed by atoms with E-state index in [2.05, 4.69) is 28.4 Å². The molecule has 25 heavy (non-hydrogen) atoms. The standard InChI is InChI=1S/C20H24N2O3/c1-11(23)16-10-12-9-13(19(24)25-2)17-20(7-8-22(16)18(12)20)14-5-3-4-6-15(14)21-17/h3-6,11-12,16,18,21,23H,7-10H2,1-2H3/t11?,12-,16-,18+,20+/m1/s1. The van der Waals surface area contributed by atoms with E-state index in [-0.39, 0.29) is 23.5 Å². The molecule has 5 atom stereocenters. The fraction of sp³-hybridized carbons (Fsp3) is 0.550. The smallest absolute Gasteiger partial charge is 0.335 e. The Balaban J connectivity index is 1.73. The molecule has 3 aliphatic heterocycles. The Hall–Kier alpha value is -1.85. The Morgan fingerprint density at radius 1 is 1.44 bits per heavy atom. The highest BCUT2D eigenvalue weighted by Gasteiger charge is 2.65. The van der Waals surface area contributed by atoms with Gasteiger partial charge in [-0.3, -0.25) is 4.90 Å². The number of nitrogens with one attached hydrogen (secondary N) is 1. The zero-order valence-corrected chi connectivity index (χ0v) is 14.7. The van der Waals surface area contributed by atoms with Crippen LogP contribution in [-0.2, 0) is 14.9 Å². The fourth-order valence-electron chi connectivity index (χ4n) is 6.11. The van der Waals surface area contributed by atoms with Gasteiger partial charge in [0.05, 0.1) is 24.2 Å². The number of carbonyl (C=O) groups is 1. The van der Waals surface area contributed by atoms with Gasteiger partial charge in [0, 0.05) is 30.0 Å². The minimum absolute atomic E-state index is 0.160. The Labute approximate surface area is 147 Å². The van der Waals surface area contributed by atoms with Crippen LogP contribution in [0.25, 0.3) is 0 Å². The summed E-state index contributed by atoms with van der Waals surface area (Å²) < 4.78 is 5.12. The van der Waals surface area contributed by atoms with E-state index >= 15 is 0 Å². The van der Waals surface area contributed by atoms with Crippen LogP contribution in [0.3, 0.4) is 0 Å². The normalized spacial score (nSPS) is 36.5. The second-order valence-electron chi connectivity index (χ2n) is 7.93. The first-order valence-corrected chi connectivity index (χ1v) is 9.20. The lowest BCUT2D eigenvalue weighted by Crippen LogP contribution is -2.48. The number of ether oxygens (including phenoxy) is 1. The van der Waals surface area contributed by atoms with Crippen molar-refractivity contribution < 1.29 is 14.6 Å². The third-order valence-corrected chi connectivity index (χ3v) is 6.91. The largest absolute Gasteiger partial charge is 0.466 e. The van der Waals surface area contributed by atoms with Crippen LogP contribution in [-0.4, -0.2) is 47.8 Å². The molecule has 0 radical (unpaired) electrons. The molecular formula is C20H24N2O3. The SMILES string of the molecule is COC(=O)C1=C2Nc3ccccc3[C@@]23CCN2[C@@H](C(C)O)C[C@@H](C1)[C@H]23. The molecular weight excluding hydrogens is 316 g/mol. The monoisotopic (exact) mass is 340 g/mol. The van der Waals surface area contributed by atoms with Crippen molar-refractivity contribution in [2.75, 3.05) is 19.0 Å². The molecule has 0 bridgehead atoms. The summed E-state index contributed by atoms with van der Waals surface area (Å²) in [7, 11) is 1.46. The third kappa shape index (κ3) is 1.78. The van der Waals surface area contributed by atoms with E-state index in [9.17, 15) is 9.90 Å². The van der Waals surface area contributed by atoms with Crippen LogP contribution in [0, 0.1) is 5.92 Å². The van der Waals surface area contributed by atoms with E-state index in [0.29, 0.717) is 12.0 Å². The highest BCUT2D eigenvalue weighted by Crippen LogP contribution is 2.62. The average molecular weight is 340 g/mol. The van der Waals surface area contributed by atoms with Gasteiger partial charge in [-0.1, -0.05) is 18.2 Å². The summed E-state index contributed by atoms with van der Waals surface area (Å²) in [6, 6.07) is 8.96. The number of aliphatic hydroxyl groups excluding tert-OH is 1. The molecule has 1 aromatic carbocycles. The number of nitrogens with zero attached hydrogens (tertiary/aromatic N) is 1. The predicted molar refractivity (Wildman–Crippen MR) is 94.1 cm³/mol. The lowest BCUT2D eigenvalue weighted by atomic mass is 9.63. The Bertz CT molecular complexity index is 787. The van der Waals surface area contributed by atoms with Crippen LogP contribution in [0.4, 0.5) is 5.69 Å². The van der Waals surface area contributed by atoms with Gasteiger partial charge in [0.2, 0.25) is 0 Å². The van der Waals surface area contributed by atoms with Gasteiger partial charge in [-0.25, -0.2) is 4.79 Å². The molecule has 1 spiro atoms. The zero-order chi connectivity index (χ0) is 17.3. The van der Waals surface area contributed by atoms with Crippen LogP contribution in [0.5, 0.6) is 0 Å². The van der Waals surface area contributed by atoms with Gasteiger partial charge in [-0.2, -0.15) is 0 Å². The van der Waals surface area contributed by atoms with Crippen molar-refractivity contribution in [1.82, 2.24) is 4.90 Å². The Kier molecular flexibility index (Phi) is 3.13. The first-order chi connectivity index (χ1) is 12.1. The lowest BCUT2D eigenvalue weighted by molar-refractivity contribution is -0.136. The zero-order valence-electron chi connectivity index (χ0n) is 14.7.